The van der Waals surface area contributed by atoms with E-state index in [4.69, 9.17) is 5.11 Å². The van der Waals surface area contributed by atoms with Crippen molar-refractivity contribution in [2.24, 2.45) is 0 Å². The summed E-state index contributed by atoms with van der Waals surface area (Å²) in [5.41, 5.74) is 0.367. The van der Waals surface area contributed by atoms with E-state index in [2.05, 4.69) is 0 Å². The number of hydrogen-bond donors (Lipinski definition) is 1. The fraction of sp³-hybridized carbons (Fsp3) is 0.538. The predicted octanol–water partition coefficient (Wildman–Crippen LogP) is 0.890. The van der Waals surface area contributed by atoms with Crippen LogP contribution in [0, 0.1) is 5.82 Å². The zero-order valence-corrected chi connectivity index (χ0v) is 12.8. The van der Waals surface area contributed by atoms with Gasteiger partial charge in [0, 0.05) is 13.6 Å². The quantitative estimate of drug-likeness (QED) is 0.813. The number of benzene rings is 1. The molecule has 0 atom stereocenters. The minimum Gasteiger partial charge on any atom is -0.392 e. The molecule has 0 amide bonds. The van der Waals surface area contributed by atoms with Gasteiger partial charge in [-0.3, -0.25) is 0 Å². The van der Waals surface area contributed by atoms with E-state index in [1.807, 2.05) is 19.0 Å². The monoisotopic (exact) mass is 304 g/mol. The van der Waals surface area contributed by atoms with Crippen molar-refractivity contribution in [2.45, 2.75) is 17.9 Å². The molecule has 0 radical (unpaired) electrons. The van der Waals surface area contributed by atoms with E-state index in [0.29, 0.717) is 18.5 Å². The van der Waals surface area contributed by atoms with E-state index >= 15 is 0 Å². The highest BCUT2D eigenvalue weighted by atomic mass is 32.2. The maximum Gasteiger partial charge on any atom is 0.245 e. The molecule has 0 bridgehead atoms. The van der Waals surface area contributed by atoms with Crippen molar-refractivity contribution >= 4 is 10.0 Å². The Bertz CT molecular complexity index is 547. The van der Waals surface area contributed by atoms with Gasteiger partial charge in [-0.2, -0.15) is 0 Å². The summed E-state index contributed by atoms with van der Waals surface area (Å²) in [5, 5.41) is 9.02. The second-order valence-corrected chi connectivity index (χ2v) is 6.92. The van der Waals surface area contributed by atoms with E-state index in [9.17, 15) is 12.8 Å². The molecule has 0 spiro atoms. The largest absolute Gasteiger partial charge is 0.392 e. The maximum absolute atomic E-state index is 13.7. The van der Waals surface area contributed by atoms with Crippen LogP contribution in [0.5, 0.6) is 0 Å². The van der Waals surface area contributed by atoms with Crippen molar-refractivity contribution in [2.75, 3.05) is 34.2 Å². The van der Waals surface area contributed by atoms with E-state index < -0.39 is 20.7 Å². The Balaban J connectivity index is 2.92. The average Bonchev–Trinajstić information content (AvgIpc) is 2.38. The van der Waals surface area contributed by atoms with Gasteiger partial charge in [-0.1, -0.05) is 6.07 Å². The van der Waals surface area contributed by atoms with Crippen LogP contribution in [0.25, 0.3) is 0 Å². The third-order valence-electron chi connectivity index (χ3n) is 2.94. The number of halogens is 1. The predicted molar refractivity (Wildman–Crippen MR) is 75.3 cm³/mol. The number of rotatable bonds is 7. The molecule has 0 saturated carbocycles. The van der Waals surface area contributed by atoms with Crippen LogP contribution < -0.4 is 0 Å². The summed E-state index contributed by atoms with van der Waals surface area (Å²) < 4.78 is 39.4. The summed E-state index contributed by atoms with van der Waals surface area (Å²) >= 11 is 0. The maximum atomic E-state index is 13.7. The lowest BCUT2D eigenvalue weighted by Gasteiger charge is -2.19. The van der Waals surface area contributed by atoms with Crippen LogP contribution in [-0.4, -0.2) is 57.0 Å². The first-order valence-corrected chi connectivity index (χ1v) is 7.73. The molecule has 0 aliphatic heterocycles. The smallest absolute Gasteiger partial charge is 0.245 e. The first-order valence-electron chi connectivity index (χ1n) is 6.29. The SMILES string of the molecule is CN(C)CCCN(C)S(=O)(=O)c1cc(CO)ccc1F. The molecule has 1 aromatic carbocycles. The number of aliphatic hydroxyl groups is 1. The second-order valence-electron chi connectivity index (χ2n) is 4.91. The Morgan fingerprint density at radius 3 is 2.40 bits per heavy atom. The summed E-state index contributed by atoms with van der Waals surface area (Å²) in [6.45, 7) is 0.732. The van der Waals surface area contributed by atoms with Gasteiger partial charge in [0.15, 0.2) is 0 Å². The van der Waals surface area contributed by atoms with E-state index in [0.717, 1.165) is 16.9 Å². The molecule has 7 heteroatoms. The summed E-state index contributed by atoms with van der Waals surface area (Å²) in [7, 11) is 1.36. The standard InChI is InChI=1S/C13H21FN2O3S/c1-15(2)7-4-8-16(3)20(18,19)13-9-11(10-17)5-6-12(13)14/h5-6,9,17H,4,7-8,10H2,1-3H3. The Morgan fingerprint density at radius 1 is 1.20 bits per heavy atom. The highest BCUT2D eigenvalue weighted by Crippen LogP contribution is 2.20. The molecule has 1 rings (SSSR count). The van der Waals surface area contributed by atoms with E-state index in [1.165, 1.54) is 19.2 Å². The van der Waals surface area contributed by atoms with Crippen LogP contribution in [0.2, 0.25) is 0 Å². The number of aliphatic hydroxyl groups excluding tert-OH is 1. The normalized spacial score (nSPS) is 12.3. The molecule has 20 heavy (non-hydrogen) atoms. The second kappa shape index (κ2) is 7.12. The third kappa shape index (κ3) is 4.24. The third-order valence-corrected chi connectivity index (χ3v) is 4.82. The molecule has 114 valence electrons. The molecular formula is C13H21FN2O3S. The van der Waals surface area contributed by atoms with Crippen molar-refractivity contribution in [3.05, 3.63) is 29.6 Å². The Kier molecular flexibility index (Phi) is 6.07. The minimum atomic E-state index is -3.87. The van der Waals surface area contributed by atoms with Gasteiger partial charge in [0.25, 0.3) is 0 Å². The number of hydrogen-bond acceptors (Lipinski definition) is 4. The van der Waals surface area contributed by atoms with Gasteiger partial charge >= 0.3 is 0 Å². The van der Waals surface area contributed by atoms with Crippen LogP contribution in [-0.2, 0) is 16.6 Å². The van der Waals surface area contributed by atoms with Crippen molar-refractivity contribution in [1.82, 2.24) is 9.21 Å². The molecule has 0 heterocycles. The molecule has 0 fully saturated rings. The highest BCUT2D eigenvalue weighted by Gasteiger charge is 2.24. The fourth-order valence-corrected chi connectivity index (χ4v) is 3.06. The molecular weight excluding hydrogens is 283 g/mol. The van der Waals surface area contributed by atoms with Crippen LogP contribution >= 0.6 is 0 Å². The summed E-state index contributed by atoms with van der Waals surface area (Å²) in [6, 6.07) is 3.60. The highest BCUT2D eigenvalue weighted by molar-refractivity contribution is 7.89. The lowest BCUT2D eigenvalue weighted by Crippen LogP contribution is -2.30. The van der Waals surface area contributed by atoms with Gasteiger partial charge in [0.1, 0.15) is 10.7 Å². The lowest BCUT2D eigenvalue weighted by atomic mass is 10.2. The fourth-order valence-electron chi connectivity index (χ4n) is 1.74. The van der Waals surface area contributed by atoms with E-state index in [1.54, 1.807) is 0 Å². The topological polar surface area (TPSA) is 60.9 Å². The van der Waals surface area contributed by atoms with Gasteiger partial charge in [-0.25, -0.2) is 17.1 Å². The van der Waals surface area contributed by atoms with Crippen molar-refractivity contribution in [1.29, 1.82) is 0 Å². The van der Waals surface area contributed by atoms with Gasteiger partial charge in [0.2, 0.25) is 10.0 Å². The van der Waals surface area contributed by atoms with Gasteiger partial charge in [-0.05, 0) is 44.8 Å². The molecule has 5 nitrogen and oxygen atoms in total. The Labute approximate surface area is 119 Å². The zero-order valence-electron chi connectivity index (χ0n) is 12.0. The average molecular weight is 304 g/mol. The molecule has 0 aromatic heterocycles. The van der Waals surface area contributed by atoms with Crippen molar-refractivity contribution in [3.8, 4) is 0 Å². The molecule has 0 aliphatic carbocycles. The van der Waals surface area contributed by atoms with Crippen LogP contribution in [0.4, 0.5) is 4.39 Å². The van der Waals surface area contributed by atoms with E-state index in [-0.39, 0.29) is 6.61 Å². The van der Waals surface area contributed by atoms with Gasteiger partial charge in [0.05, 0.1) is 6.61 Å². The molecule has 1 aromatic rings. The first-order chi connectivity index (χ1) is 9.28. The molecule has 0 saturated heterocycles. The van der Waals surface area contributed by atoms with Crippen molar-refractivity contribution < 1.29 is 17.9 Å². The van der Waals surface area contributed by atoms with Gasteiger partial charge < -0.3 is 10.0 Å². The Morgan fingerprint density at radius 2 is 1.85 bits per heavy atom. The minimum absolute atomic E-state index is 0.309. The van der Waals surface area contributed by atoms with Crippen LogP contribution in [0.15, 0.2) is 23.1 Å². The lowest BCUT2D eigenvalue weighted by molar-refractivity contribution is 0.281. The molecule has 1 N–H and O–H groups in total. The van der Waals surface area contributed by atoms with Crippen LogP contribution in [0.3, 0.4) is 0 Å². The molecule has 0 aliphatic rings. The summed E-state index contributed by atoms with van der Waals surface area (Å²) in [5.74, 6) is -0.804. The number of nitrogens with zero attached hydrogens (tertiary/aromatic N) is 2. The summed E-state index contributed by atoms with van der Waals surface area (Å²) in [6.07, 6.45) is 0.657. The molecule has 0 unspecified atom stereocenters. The summed E-state index contributed by atoms with van der Waals surface area (Å²) in [4.78, 5) is 1.56. The Hall–Kier alpha value is -1.02. The van der Waals surface area contributed by atoms with Crippen LogP contribution in [0.1, 0.15) is 12.0 Å². The van der Waals surface area contributed by atoms with Crippen molar-refractivity contribution in [3.63, 3.8) is 0 Å². The van der Waals surface area contributed by atoms with Gasteiger partial charge in [-0.15, -0.1) is 0 Å². The number of sulfonamides is 1. The first kappa shape index (κ1) is 17.0. The zero-order chi connectivity index (χ0) is 15.3.